The average molecular weight is 508 g/mol. The number of carboxylic acids is 1. The quantitative estimate of drug-likeness (QED) is 0.297. The van der Waals surface area contributed by atoms with Gasteiger partial charge in [0.2, 0.25) is 11.0 Å². The summed E-state index contributed by atoms with van der Waals surface area (Å²) >= 11 is 3.51. The number of rotatable bonds is 3. The van der Waals surface area contributed by atoms with Gasteiger partial charge in [-0.1, -0.05) is 46.3 Å². The second-order valence-electron chi connectivity index (χ2n) is 6.53. The van der Waals surface area contributed by atoms with E-state index < -0.39 is 13.2 Å². The van der Waals surface area contributed by atoms with Gasteiger partial charge < -0.3 is 26.8 Å². The minimum atomic E-state index is -6.00. The summed E-state index contributed by atoms with van der Waals surface area (Å²) in [7, 11) is -6.00. The molecule has 164 valence electrons. The second kappa shape index (κ2) is 9.82. The van der Waals surface area contributed by atoms with E-state index in [0.717, 1.165) is 37.8 Å². The first-order chi connectivity index (χ1) is 15.1. The van der Waals surface area contributed by atoms with E-state index in [2.05, 4.69) is 20.9 Å². The number of carboxylic acid groups (broad SMARTS) is 1. The molecule has 0 saturated carbocycles. The molecule has 0 aliphatic rings. The maximum Gasteiger partial charge on any atom is 0.673 e. The summed E-state index contributed by atoms with van der Waals surface area (Å²) < 4.78 is 46.0. The smallest absolute Gasteiger partial charge is 0.478 e. The molecule has 3 aromatic carbocycles. The molecular formula is C22H15BBrF4NO3. The van der Waals surface area contributed by atoms with Crippen molar-refractivity contribution in [2.45, 2.75) is 0 Å². The molecule has 0 aliphatic carbocycles. The number of nitrogens with one attached hydrogen (secondary N) is 1. The summed E-state index contributed by atoms with van der Waals surface area (Å²) in [6, 6.07) is 24.3. The van der Waals surface area contributed by atoms with Crippen molar-refractivity contribution >= 4 is 45.8 Å². The Morgan fingerprint density at radius 2 is 1.53 bits per heavy atom. The van der Waals surface area contributed by atoms with Gasteiger partial charge in [0.25, 0.3) is 0 Å². The van der Waals surface area contributed by atoms with Crippen molar-refractivity contribution in [3.8, 4) is 11.3 Å². The Kier molecular flexibility index (Phi) is 7.14. The van der Waals surface area contributed by atoms with Gasteiger partial charge in [-0.3, -0.25) is 0 Å². The van der Waals surface area contributed by atoms with Crippen LogP contribution < -0.4 is 10.3 Å². The van der Waals surface area contributed by atoms with Crippen LogP contribution in [0.1, 0.15) is 10.4 Å². The van der Waals surface area contributed by atoms with Crippen LogP contribution in [-0.2, 0) is 0 Å². The van der Waals surface area contributed by atoms with E-state index in [4.69, 9.17) is 9.52 Å². The highest BCUT2D eigenvalue weighted by molar-refractivity contribution is 9.10. The summed E-state index contributed by atoms with van der Waals surface area (Å²) in [6.07, 6.45) is 0. The average Bonchev–Trinajstić information content (AvgIpc) is 2.74. The zero-order valence-corrected chi connectivity index (χ0v) is 17.8. The van der Waals surface area contributed by atoms with E-state index in [1.807, 2.05) is 54.6 Å². The van der Waals surface area contributed by atoms with Gasteiger partial charge in [0.1, 0.15) is 11.3 Å². The number of aromatic carboxylic acids is 1. The third kappa shape index (κ3) is 6.55. The molecule has 10 heteroatoms. The molecule has 1 heterocycles. The minimum absolute atomic E-state index is 0.251. The van der Waals surface area contributed by atoms with E-state index in [1.54, 1.807) is 24.3 Å². The Morgan fingerprint density at radius 1 is 0.906 bits per heavy atom. The molecule has 0 spiro atoms. The van der Waals surface area contributed by atoms with Crippen molar-refractivity contribution in [3.63, 3.8) is 0 Å². The molecule has 4 nitrogen and oxygen atoms in total. The van der Waals surface area contributed by atoms with Gasteiger partial charge >= 0.3 is 13.2 Å². The first kappa shape index (κ1) is 23.3. The predicted molar refractivity (Wildman–Crippen MR) is 117 cm³/mol. The lowest BCUT2D eigenvalue weighted by Crippen LogP contribution is -2.70. The highest BCUT2D eigenvalue weighted by Crippen LogP contribution is 2.23. The first-order valence-corrected chi connectivity index (χ1v) is 9.99. The van der Waals surface area contributed by atoms with Crippen molar-refractivity contribution in [1.82, 2.24) is 0 Å². The third-order valence-electron chi connectivity index (χ3n) is 4.20. The monoisotopic (exact) mass is 507 g/mol. The summed E-state index contributed by atoms with van der Waals surface area (Å²) in [5.74, 6) is -0.198. The summed E-state index contributed by atoms with van der Waals surface area (Å²) in [5, 5.41) is 10.9. The molecule has 2 N–H and O–H groups in total. The normalized spacial score (nSPS) is 11.7. The standard InChI is InChI=1S/C22H14BrNO3.BF4/c23-16-8-11-20-18(12-16)19(13-21(27-20)14-4-2-1-3-5-14)24-17-9-6-15(7-10-17)22(25)26;2-1(3,4)5/h1-13H,(H,25,26);/q;-1/p+1. The number of halogens is 5. The minimum Gasteiger partial charge on any atom is -0.478 e. The van der Waals surface area contributed by atoms with Crippen molar-refractivity contribution in [3.05, 3.63) is 94.3 Å². The van der Waals surface area contributed by atoms with E-state index >= 15 is 0 Å². The Morgan fingerprint density at radius 3 is 2.12 bits per heavy atom. The van der Waals surface area contributed by atoms with Crippen LogP contribution in [0.5, 0.6) is 0 Å². The Labute approximate surface area is 188 Å². The topological polar surface area (TPSA) is 64.4 Å². The molecule has 1 aromatic heterocycles. The van der Waals surface area contributed by atoms with Crippen molar-refractivity contribution in [2.24, 2.45) is 0 Å². The van der Waals surface area contributed by atoms with Gasteiger partial charge in [-0.15, -0.1) is 0 Å². The third-order valence-corrected chi connectivity index (χ3v) is 4.69. The van der Waals surface area contributed by atoms with Crippen molar-refractivity contribution in [1.29, 1.82) is 0 Å². The zero-order valence-electron chi connectivity index (χ0n) is 16.2. The summed E-state index contributed by atoms with van der Waals surface area (Å²) in [4.78, 5) is 14.4. The van der Waals surface area contributed by atoms with Crippen LogP contribution >= 0.6 is 15.9 Å². The Bertz CT molecular complexity index is 1300. The van der Waals surface area contributed by atoms with Gasteiger partial charge in [0, 0.05) is 22.2 Å². The molecule has 0 saturated heterocycles. The fourth-order valence-corrected chi connectivity index (χ4v) is 3.22. The molecule has 0 fully saturated rings. The molecule has 32 heavy (non-hydrogen) atoms. The number of fused-ring (bicyclic) bond motifs is 1. The molecular weight excluding hydrogens is 493 g/mol. The Balaban J connectivity index is 0.000000523. The molecule has 0 unspecified atom stereocenters. The molecule has 0 bridgehead atoms. The van der Waals surface area contributed by atoms with Gasteiger partial charge in [0.15, 0.2) is 0 Å². The van der Waals surface area contributed by atoms with E-state index in [9.17, 15) is 22.1 Å². The van der Waals surface area contributed by atoms with Gasteiger partial charge in [-0.2, -0.15) is 0 Å². The maximum absolute atomic E-state index is 11.0. The molecule has 0 atom stereocenters. The molecule has 4 aromatic rings. The van der Waals surface area contributed by atoms with Crippen molar-refractivity contribution < 1.29 is 36.6 Å². The largest absolute Gasteiger partial charge is 0.673 e. The first-order valence-electron chi connectivity index (χ1n) is 9.20. The number of carbonyl (C=O) groups is 1. The number of benzene rings is 3. The van der Waals surface area contributed by atoms with Crippen LogP contribution in [0.25, 0.3) is 22.3 Å². The van der Waals surface area contributed by atoms with Crippen LogP contribution in [-0.4, -0.2) is 18.3 Å². The van der Waals surface area contributed by atoms with Gasteiger partial charge in [-0.05, 0) is 30.3 Å². The fraction of sp³-hybridized carbons (Fsp3) is 0. The van der Waals surface area contributed by atoms with Gasteiger partial charge in [-0.25, -0.2) is 9.79 Å². The lowest BCUT2D eigenvalue weighted by atomic mass is 10.1. The number of hydrogen-bond donors (Lipinski definition) is 2. The lowest BCUT2D eigenvalue weighted by molar-refractivity contribution is -0.400. The van der Waals surface area contributed by atoms with Crippen LogP contribution in [0.3, 0.4) is 0 Å². The molecule has 4 rings (SSSR count). The van der Waals surface area contributed by atoms with Gasteiger partial charge in [0.05, 0.1) is 17.0 Å². The summed E-state index contributed by atoms with van der Waals surface area (Å²) in [6.45, 7) is 0. The maximum atomic E-state index is 11.0. The Hall–Kier alpha value is -3.40. The predicted octanol–water partition coefficient (Wildman–Crippen LogP) is 5.17. The van der Waals surface area contributed by atoms with E-state index in [1.165, 1.54) is 0 Å². The fourth-order valence-electron chi connectivity index (χ4n) is 2.86. The lowest BCUT2D eigenvalue weighted by Gasteiger charge is -2.03. The highest BCUT2D eigenvalue weighted by Gasteiger charge is 2.20. The molecule has 0 aliphatic heterocycles. The highest BCUT2D eigenvalue weighted by atomic mass is 79.9. The van der Waals surface area contributed by atoms with Crippen LogP contribution in [0.15, 0.2) is 87.8 Å². The van der Waals surface area contributed by atoms with E-state index in [-0.39, 0.29) is 5.56 Å². The van der Waals surface area contributed by atoms with Crippen LogP contribution in [0.4, 0.5) is 23.0 Å². The summed E-state index contributed by atoms with van der Waals surface area (Å²) in [5.41, 5.74) is 2.78. The van der Waals surface area contributed by atoms with Crippen LogP contribution in [0, 0.1) is 0 Å². The molecule has 0 radical (unpaired) electrons. The van der Waals surface area contributed by atoms with E-state index in [0.29, 0.717) is 0 Å². The van der Waals surface area contributed by atoms with Crippen LogP contribution in [0.2, 0.25) is 0 Å². The van der Waals surface area contributed by atoms with Crippen molar-refractivity contribution in [2.75, 3.05) is 0 Å². The SMILES string of the molecule is F[B-](F)(F)F.O=C(O)c1ccc([NH+]=c2cc(-c3ccccc3)oc3ccc(Br)cc23)cc1. The second-order valence-corrected chi connectivity index (χ2v) is 7.45. The molecule has 0 amide bonds. The zero-order chi connectivity index (χ0) is 23.3. The number of hydrogen-bond acceptors (Lipinski definition) is 2.